The number of nitrogens with one attached hydrogen (secondary N) is 1. The molecular weight excluding hydrogens is 444 g/mol. The molecule has 4 rings (SSSR count). The summed E-state index contributed by atoms with van der Waals surface area (Å²) in [6.07, 6.45) is 0. The van der Waals surface area contributed by atoms with Crippen LogP contribution in [-0.2, 0) is 11.4 Å². The van der Waals surface area contributed by atoms with Gasteiger partial charge in [-0.3, -0.25) is 9.69 Å². The van der Waals surface area contributed by atoms with Crippen molar-refractivity contribution in [3.8, 4) is 11.5 Å². The number of ketones is 1. The third-order valence-corrected chi connectivity index (χ3v) is 6.02. The Kier molecular flexibility index (Phi) is 7.28. The highest BCUT2D eigenvalue weighted by molar-refractivity contribution is 7.80. The highest BCUT2D eigenvalue weighted by Gasteiger charge is 2.33. The van der Waals surface area contributed by atoms with Crippen molar-refractivity contribution in [3.63, 3.8) is 0 Å². The fraction of sp³-hybridized carbons (Fsp3) is 0.214. The second-order valence-electron chi connectivity index (χ2n) is 8.02. The Hall–Kier alpha value is -3.64. The number of rotatable bonds is 8. The number of benzene rings is 3. The van der Waals surface area contributed by atoms with Crippen LogP contribution in [0.25, 0.3) is 0 Å². The van der Waals surface area contributed by atoms with E-state index < -0.39 is 0 Å². The molecule has 0 saturated heterocycles. The van der Waals surface area contributed by atoms with E-state index in [0.29, 0.717) is 35.4 Å². The van der Waals surface area contributed by atoms with E-state index in [1.54, 1.807) is 6.92 Å². The molecule has 0 saturated carbocycles. The van der Waals surface area contributed by atoms with Crippen LogP contribution >= 0.6 is 12.2 Å². The first-order chi connectivity index (χ1) is 16.5. The maximum Gasteiger partial charge on any atom is 0.178 e. The van der Waals surface area contributed by atoms with Gasteiger partial charge in [0.15, 0.2) is 22.4 Å². The Morgan fingerprint density at radius 3 is 2.29 bits per heavy atom. The summed E-state index contributed by atoms with van der Waals surface area (Å²) in [6, 6.07) is 25.2. The Bertz CT molecular complexity index is 1210. The van der Waals surface area contributed by atoms with E-state index in [0.717, 1.165) is 22.5 Å². The fourth-order valence-corrected chi connectivity index (χ4v) is 4.53. The Morgan fingerprint density at radius 2 is 1.65 bits per heavy atom. The van der Waals surface area contributed by atoms with E-state index in [4.69, 9.17) is 21.7 Å². The summed E-state index contributed by atoms with van der Waals surface area (Å²) in [7, 11) is 0. The minimum Gasteiger partial charge on any atom is -0.490 e. The third kappa shape index (κ3) is 4.97. The normalized spacial score (nSPS) is 15.7. The summed E-state index contributed by atoms with van der Waals surface area (Å²) in [5.41, 5.74) is 4.35. The third-order valence-electron chi connectivity index (χ3n) is 5.72. The van der Waals surface area contributed by atoms with Crippen molar-refractivity contribution in [3.05, 3.63) is 101 Å². The number of Topliss-reactive ketones (excluding diaryl/α,β-unsaturated/α-hetero) is 1. The maximum absolute atomic E-state index is 12.8. The number of allylic oxidation sites excluding steroid dienone is 1. The number of anilines is 1. The monoisotopic (exact) mass is 472 g/mol. The van der Waals surface area contributed by atoms with Crippen LogP contribution in [0.1, 0.15) is 37.9 Å². The number of thiocarbonyl (C=S) groups is 1. The molecule has 0 aliphatic carbocycles. The number of hydrogen-bond acceptors (Lipinski definition) is 4. The zero-order chi connectivity index (χ0) is 24.1. The summed E-state index contributed by atoms with van der Waals surface area (Å²) in [5.74, 6) is 1.28. The highest BCUT2D eigenvalue weighted by Crippen LogP contribution is 2.37. The van der Waals surface area contributed by atoms with Crippen molar-refractivity contribution in [2.45, 2.75) is 33.4 Å². The van der Waals surface area contributed by atoms with E-state index >= 15 is 0 Å². The zero-order valence-corrected chi connectivity index (χ0v) is 20.4. The lowest BCUT2D eigenvalue weighted by atomic mass is 9.92. The van der Waals surface area contributed by atoms with Crippen LogP contribution in [0, 0.1) is 0 Å². The molecule has 6 heteroatoms. The number of carbonyl (C=O) groups excluding carboxylic acids is 1. The minimum atomic E-state index is -0.382. The van der Waals surface area contributed by atoms with Crippen LogP contribution in [0.5, 0.6) is 11.5 Å². The second kappa shape index (κ2) is 10.5. The fourth-order valence-electron chi connectivity index (χ4n) is 4.16. The first kappa shape index (κ1) is 23.5. The molecule has 0 fully saturated rings. The van der Waals surface area contributed by atoms with Crippen LogP contribution in [0.3, 0.4) is 0 Å². The van der Waals surface area contributed by atoms with Gasteiger partial charge in [-0.25, -0.2) is 0 Å². The SMILES string of the molecule is CCOc1cc([C@@H]2NC(=S)N(c3ccccc3)C(C)=C2C(C)=O)ccc1OCc1ccccc1. The molecule has 5 nitrogen and oxygen atoms in total. The van der Waals surface area contributed by atoms with Gasteiger partial charge in [0.05, 0.1) is 12.6 Å². The van der Waals surface area contributed by atoms with Gasteiger partial charge >= 0.3 is 0 Å². The number of carbonyl (C=O) groups is 1. The summed E-state index contributed by atoms with van der Waals surface area (Å²) in [6.45, 7) is 6.40. The first-order valence-electron chi connectivity index (χ1n) is 11.3. The lowest BCUT2D eigenvalue weighted by molar-refractivity contribution is -0.114. The van der Waals surface area contributed by atoms with Crippen molar-refractivity contribution >= 4 is 28.8 Å². The van der Waals surface area contributed by atoms with Crippen LogP contribution in [0.4, 0.5) is 5.69 Å². The van der Waals surface area contributed by atoms with Crippen molar-refractivity contribution in [2.75, 3.05) is 11.5 Å². The second-order valence-corrected chi connectivity index (χ2v) is 8.41. The highest BCUT2D eigenvalue weighted by atomic mass is 32.1. The Balaban J connectivity index is 1.68. The van der Waals surface area contributed by atoms with Crippen LogP contribution < -0.4 is 19.7 Å². The number of nitrogens with zero attached hydrogens (tertiary/aromatic N) is 1. The van der Waals surface area contributed by atoms with Gasteiger partial charge in [-0.1, -0.05) is 54.6 Å². The van der Waals surface area contributed by atoms with E-state index in [9.17, 15) is 4.79 Å². The van der Waals surface area contributed by atoms with Crippen molar-refractivity contribution < 1.29 is 14.3 Å². The molecule has 1 N–H and O–H groups in total. The summed E-state index contributed by atoms with van der Waals surface area (Å²) in [5, 5.41) is 3.91. The number of ether oxygens (including phenoxy) is 2. The molecule has 0 unspecified atom stereocenters. The van der Waals surface area contributed by atoms with Gasteiger partial charge in [-0.2, -0.15) is 0 Å². The lowest BCUT2D eigenvalue weighted by Gasteiger charge is -2.37. The van der Waals surface area contributed by atoms with E-state index in [2.05, 4.69) is 5.32 Å². The van der Waals surface area contributed by atoms with Crippen molar-refractivity contribution in [1.82, 2.24) is 5.32 Å². The quantitative estimate of drug-likeness (QED) is 0.408. The summed E-state index contributed by atoms with van der Waals surface area (Å²) >= 11 is 5.72. The van der Waals surface area contributed by atoms with E-state index in [1.165, 1.54) is 0 Å². The predicted molar refractivity (Wildman–Crippen MR) is 139 cm³/mol. The molecule has 0 aromatic heterocycles. The van der Waals surface area contributed by atoms with Crippen LogP contribution in [-0.4, -0.2) is 17.5 Å². The van der Waals surface area contributed by atoms with E-state index in [-0.39, 0.29) is 11.8 Å². The molecule has 0 amide bonds. The summed E-state index contributed by atoms with van der Waals surface area (Å²) < 4.78 is 12.0. The maximum atomic E-state index is 12.8. The molecule has 34 heavy (non-hydrogen) atoms. The van der Waals surface area contributed by atoms with Gasteiger partial charge < -0.3 is 14.8 Å². The molecule has 3 aromatic rings. The molecule has 0 radical (unpaired) electrons. The van der Waals surface area contributed by atoms with Gasteiger partial charge in [0.1, 0.15) is 6.61 Å². The topological polar surface area (TPSA) is 50.8 Å². The van der Waals surface area contributed by atoms with Crippen molar-refractivity contribution in [1.29, 1.82) is 0 Å². The van der Waals surface area contributed by atoms with Crippen molar-refractivity contribution in [2.24, 2.45) is 0 Å². The Morgan fingerprint density at radius 1 is 0.971 bits per heavy atom. The standard InChI is InChI=1S/C28H28N2O3S/c1-4-32-25-17-22(15-16-24(25)33-18-21-11-7-5-8-12-21)27-26(20(3)31)19(2)30(28(34)29-27)23-13-9-6-10-14-23/h5-17,27H,4,18H2,1-3H3,(H,29,34)/t27-/m0/s1. The largest absolute Gasteiger partial charge is 0.490 e. The average Bonchev–Trinajstić information content (AvgIpc) is 2.84. The predicted octanol–water partition coefficient (Wildman–Crippen LogP) is 5.96. The van der Waals surface area contributed by atoms with Gasteiger partial charge in [0.25, 0.3) is 0 Å². The molecule has 174 valence electrons. The molecule has 1 aliphatic heterocycles. The Labute approximate surface area is 206 Å². The molecule has 1 aliphatic rings. The van der Waals surface area contributed by atoms with Gasteiger partial charge in [0, 0.05) is 17.0 Å². The number of hydrogen-bond donors (Lipinski definition) is 1. The first-order valence-corrected chi connectivity index (χ1v) is 11.7. The molecule has 0 bridgehead atoms. The smallest absolute Gasteiger partial charge is 0.178 e. The van der Waals surface area contributed by atoms with Gasteiger partial charge in [0.2, 0.25) is 0 Å². The van der Waals surface area contributed by atoms with Gasteiger partial charge in [-0.05, 0) is 68.4 Å². The molecule has 3 aromatic carbocycles. The van der Waals surface area contributed by atoms with Crippen LogP contribution in [0.15, 0.2) is 90.1 Å². The molecule has 0 spiro atoms. The average molecular weight is 473 g/mol. The van der Waals surface area contributed by atoms with Gasteiger partial charge in [-0.15, -0.1) is 0 Å². The molecule has 1 heterocycles. The lowest BCUT2D eigenvalue weighted by Crippen LogP contribution is -2.47. The molecular formula is C28H28N2O3S. The minimum absolute atomic E-state index is 0.0132. The number of para-hydroxylation sites is 1. The molecule has 1 atom stereocenters. The summed E-state index contributed by atoms with van der Waals surface area (Å²) in [4.78, 5) is 14.7. The zero-order valence-electron chi connectivity index (χ0n) is 19.6. The van der Waals surface area contributed by atoms with E-state index in [1.807, 2.05) is 97.6 Å². The van der Waals surface area contributed by atoms with Crippen LogP contribution in [0.2, 0.25) is 0 Å².